The average molecular weight is 539 g/mol. The molecular weight excluding hydrogens is 508 g/mol. The number of hydrogen-bond donors (Lipinski definition) is 1. The molecule has 200 valence electrons. The van der Waals surface area contributed by atoms with Crippen LogP contribution < -0.4 is 10.1 Å². The van der Waals surface area contributed by atoms with Crippen LogP contribution in [0.4, 0.5) is 5.69 Å². The Morgan fingerprint density at radius 3 is 2.16 bits per heavy atom. The number of rotatable bonds is 11. The lowest BCUT2D eigenvalue weighted by molar-refractivity contribution is -0.113. The molecule has 0 aliphatic carbocycles. The van der Waals surface area contributed by atoms with Crippen molar-refractivity contribution >= 4 is 35.3 Å². The summed E-state index contributed by atoms with van der Waals surface area (Å²) in [4.78, 5) is 36.7. The van der Waals surface area contributed by atoms with Gasteiger partial charge in [-0.1, -0.05) is 23.9 Å². The van der Waals surface area contributed by atoms with Crippen LogP contribution in [0.1, 0.15) is 50.7 Å². The number of carbonyl (C=O) groups is 3. The summed E-state index contributed by atoms with van der Waals surface area (Å²) in [6, 6.07) is 10.2. The van der Waals surface area contributed by atoms with Crippen LogP contribution in [0.3, 0.4) is 0 Å². The van der Waals surface area contributed by atoms with Gasteiger partial charge in [0.1, 0.15) is 5.75 Å². The predicted octanol–water partition coefficient (Wildman–Crippen LogP) is 4.52. The van der Waals surface area contributed by atoms with Gasteiger partial charge in [-0.25, -0.2) is 9.59 Å². The van der Waals surface area contributed by atoms with E-state index in [0.29, 0.717) is 17.5 Å². The van der Waals surface area contributed by atoms with E-state index in [-0.39, 0.29) is 28.5 Å². The molecule has 1 atom stereocenters. The molecule has 1 unspecified atom stereocenters. The van der Waals surface area contributed by atoms with Crippen molar-refractivity contribution in [3.05, 3.63) is 77.1 Å². The van der Waals surface area contributed by atoms with E-state index in [0.717, 1.165) is 16.9 Å². The molecule has 38 heavy (non-hydrogen) atoms. The van der Waals surface area contributed by atoms with Gasteiger partial charge in [-0.15, -0.1) is 16.8 Å². The van der Waals surface area contributed by atoms with Gasteiger partial charge < -0.3 is 19.5 Å². The second kappa shape index (κ2) is 12.9. The molecule has 0 aliphatic heterocycles. The number of carbonyl (C=O) groups excluding carboxylic acids is 3. The Kier molecular flexibility index (Phi) is 9.66. The van der Waals surface area contributed by atoms with Gasteiger partial charge in [-0.2, -0.15) is 0 Å². The number of benzene rings is 2. The van der Waals surface area contributed by atoms with Crippen LogP contribution in [0.5, 0.6) is 5.75 Å². The van der Waals surface area contributed by atoms with Crippen LogP contribution in [0, 0.1) is 13.8 Å². The molecular formula is C27H30N4O6S. The molecule has 3 aromatic rings. The molecule has 0 saturated heterocycles. The van der Waals surface area contributed by atoms with Crippen molar-refractivity contribution in [3.63, 3.8) is 0 Å². The molecule has 1 N–H and O–H groups in total. The van der Waals surface area contributed by atoms with Gasteiger partial charge in [0.05, 0.1) is 31.1 Å². The molecule has 0 fully saturated rings. The zero-order valence-corrected chi connectivity index (χ0v) is 22.8. The Hall–Kier alpha value is -4.12. The highest BCUT2D eigenvalue weighted by Gasteiger charge is 2.21. The van der Waals surface area contributed by atoms with Crippen LogP contribution >= 0.6 is 11.8 Å². The Bertz CT molecular complexity index is 1300. The molecule has 1 amide bonds. The minimum atomic E-state index is -0.650. The van der Waals surface area contributed by atoms with Crippen molar-refractivity contribution < 1.29 is 28.6 Å². The third kappa shape index (κ3) is 7.22. The number of thioether (sulfide) groups is 1. The number of ether oxygens (including phenoxy) is 3. The van der Waals surface area contributed by atoms with E-state index in [4.69, 9.17) is 14.2 Å². The third-order valence-electron chi connectivity index (χ3n) is 5.32. The van der Waals surface area contributed by atoms with Gasteiger partial charge in [-0.05, 0) is 62.2 Å². The van der Waals surface area contributed by atoms with Crippen LogP contribution in [0.2, 0.25) is 0 Å². The topological polar surface area (TPSA) is 122 Å². The Morgan fingerprint density at radius 1 is 1.00 bits per heavy atom. The van der Waals surface area contributed by atoms with Crippen molar-refractivity contribution in [1.29, 1.82) is 0 Å². The molecule has 0 aliphatic rings. The lowest BCUT2D eigenvalue weighted by Crippen LogP contribution is -2.17. The maximum absolute atomic E-state index is 12.7. The number of aromatic nitrogens is 3. The van der Waals surface area contributed by atoms with Crippen molar-refractivity contribution in [2.45, 2.75) is 38.6 Å². The molecule has 10 nitrogen and oxygen atoms in total. The monoisotopic (exact) mass is 538 g/mol. The van der Waals surface area contributed by atoms with E-state index in [1.165, 1.54) is 44.2 Å². The van der Waals surface area contributed by atoms with Crippen LogP contribution in [0.15, 0.2) is 54.2 Å². The van der Waals surface area contributed by atoms with Gasteiger partial charge in [-0.3, -0.25) is 9.36 Å². The zero-order valence-electron chi connectivity index (χ0n) is 21.9. The summed E-state index contributed by atoms with van der Waals surface area (Å²) < 4.78 is 17.4. The first-order valence-electron chi connectivity index (χ1n) is 11.7. The Morgan fingerprint density at radius 2 is 1.61 bits per heavy atom. The Labute approximate surface area is 225 Å². The predicted molar refractivity (Wildman–Crippen MR) is 144 cm³/mol. The van der Waals surface area contributed by atoms with Gasteiger partial charge in [0.25, 0.3) is 0 Å². The van der Waals surface area contributed by atoms with Gasteiger partial charge in [0.2, 0.25) is 5.91 Å². The summed E-state index contributed by atoms with van der Waals surface area (Å²) in [5, 5.41) is 11.8. The second-order valence-corrected chi connectivity index (χ2v) is 9.39. The lowest BCUT2D eigenvalue weighted by Gasteiger charge is -2.16. The standard InChI is InChI=1S/C27H30N4O6S/c1-7-8-31-24(18(4)37-22-10-16(2)9-17(3)11-22)29-30-27(31)38-15-23(32)28-21-13-19(25(33)35-5)12-20(14-21)26(34)36-6/h7,9-14,18H,1,8,15H2,2-6H3,(H,28,32). The smallest absolute Gasteiger partial charge is 0.337 e. The van der Waals surface area contributed by atoms with E-state index >= 15 is 0 Å². The van der Waals surface area contributed by atoms with Gasteiger partial charge in [0, 0.05) is 12.2 Å². The minimum absolute atomic E-state index is 0.00238. The molecule has 1 aromatic heterocycles. The molecule has 11 heteroatoms. The second-order valence-electron chi connectivity index (χ2n) is 8.44. The van der Waals surface area contributed by atoms with E-state index in [2.05, 4.69) is 28.2 Å². The molecule has 0 saturated carbocycles. The van der Waals surface area contributed by atoms with Gasteiger partial charge >= 0.3 is 11.9 Å². The average Bonchev–Trinajstić information content (AvgIpc) is 3.28. The number of hydrogen-bond acceptors (Lipinski definition) is 9. The number of anilines is 1. The fourth-order valence-electron chi connectivity index (χ4n) is 3.76. The number of aryl methyl sites for hydroxylation is 2. The number of nitrogens with one attached hydrogen (secondary N) is 1. The van der Waals surface area contributed by atoms with Crippen molar-refractivity contribution in [2.24, 2.45) is 0 Å². The summed E-state index contributed by atoms with van der Waals surface area (Å²) in [5.74, 6) is -0.345. The van der Waals surface area contributed by atoms with E-state index < -0.39 is 18.0 Å². The molecule has 0 spiro atoms. The van der Waals surface area contributed by atoms with Gasteiger partial charge in [0.15, 0.2) is 17.1 Å². The van der Waals surface area contributed by atoms with Crippen molar-refractivity contribution in [2.75, 3.05) is 25.3 Å². The summed E-state index contributed by atoms with van der Waals surface area (Å²) >= 11 is 1.18. The van der Waals surface area contributed by atoms with Crippen molar-refractivity contribution in [1.82, 2.24) is 14.8 Å². The fraction of sp³-hybridized carbons (Fsp3) is 0.296. The zero-order chi connectivity index (χ0) is 27.8. The van der Waals surface area contributed by atoms with E-state index in [9.17, 15) is 14.4 Å². The third-order valence-corrected chi connectivity index (χ3v) is 6.29. The number of allylic oxidation sites excluding steroid dienone is 1. The first-order chi connectivity index (χ1) is 18.1. The van der Waals surface area contributed by atoms with Crippen molar-refractivity contribution in [3.8, 4) is 5.75 Å². The normalized spacial score (nSPS) is 11.4. The SMILES string of the molecule is C=CCn1c(SCC(=O)Nc2cc(C(=O)OC)cc(C(=O)OC)c2)nnc1C(C)Oc1cc(C)cc(C)c1. The lowest BCUT2D eigenvalue weighted by atomic mass is 10.1. The molecule has 1 heterocycles. The van der Waals surface area contributed by atoms with E-state index in [1.807, 2.05) is 37.5 Å². The molecule has 0 bridgehead atoms. The maximum Gasteiger partial charge on any atom is 0.337 e. The highest BCUT2D eigenvalue weighted by atomic mass is 32.2. The summed E-state index contributed by atoms with van der Waals surface area (Å²) in [7, 11) is 2.45. The highest BCUT2D eigenvalue weighted by molar-refractivity contribution is 7.99. The highest BCUT2D eigenvalue weighted by Crippen LogP contribution is 2.26. The maximum atomic E-state index is 12.7. The van der Waals surface area contributed by atoms with Crippen LogP contribution in [0.25, 0.3) is 0 Å². The van der Waals surface area contributed by atoms with Crippen LogP contribution in [-0.2, 0) is 20.8 Å². The summed E-state index contributed by atoms with van der Waals surface area (Å²) in [6.45, 7) is 10.1. The first-order valence-corrected chi connectivity index (χ1v) is 12.7. The Balaban J connectivity index is 1.73. The number of esters is 2. The number of methoxy groups -OCH3 is 2. The first kappa shape index (κ1) is 28.5. The fourth-order valence-corrected chi connectivity index (χ4v) is 4.52. The summed E-state index contributed by atoms with van der Waals surface area (Å²) in [6.07, 6.45) is 1.32. The van der Waals surface area contributed by atoms with Crippen LogP contribution in [-0.4, -0.2) is 52.6 Å². The number of amides is 1. The quantitative estimate of drug-likeness (QED) is 0.213. The number of nitrogens with zero attached hydrogens (tertiary/aromatic N) is 3. The molecule has 2 aromatic carbocycles. The largest absolute Gasteiger partial charge is 0.483 e. The molecule has 0 radical (unpaired) electrons. The molecule has 3 rings (SSSR count). The van der Waals surface area contributed by atoms with E-state index in [1.54, 1.807) is 6.08 Å². The minimum Gasteiger partial charge on any atom is -0.483 e. The summed E-state index contributed by atoms with van der Waals surface area (Å²) in [5.41, 5.74) is 2.65.